The first-order chi connectivity index (χ1) is 11.7. The number of urea groups is 1. The van der Waals surface area contributed by atoms with E-state index < -0.39 is 15.9 Å². The fourth-order valence-corrected chi connectivity index (χ4v) is 4.25. The number of nitrogens with one attached hydrogen (secondary N) is 3. The van der Waals surface area contributed by atoms with Crippen LogP contribution in [0, 0.1) is 5.92 Å². The van der Waals surface area contributed by atoms with Crippen LogP contribution in [0.1, 0.15) is 37.0 Å². The topological polar surface area (TPSA) is 104 Å². The van der Waals surface area contributed by atoms with Crippen LogP contribution in [-0.2, 0) is 9.84 Å². The summed E-state index contributed by atoms with van der Waals surface area (Å²) in [6.07, 6.45) is 1.32. The Kier molecular flexibility index (Phi) is 6.41. The zero-order valence-corrected chi connectivity index (χ0v) is 15.4. The number of anilines is 1. The Bertz CT molecular complexity index is 731. The minimum atomic E-state index is -3.04. The van der Waals surface area contributed by atoms with Crippen molar-refractivity contribution < 1.29 is 18.0 Å². The van der Waals surface area contributed by atoms with Gasteiger partial charge in [-0.05, 0) is 37.0 Å². The number of benzene rings is 1. The Balaban J connectivity index is 1.88. The Labute approximate surface area is 148 Å². The highest BCUT2D eigenvalue weighted by Gasteiger charge is 2.28. The van der Waals surface area contributed by atoms with Crippen LogP contribution in [0.5, 0.6) is 0 Å². The van der Waals surface area contributed by atoms with E-state index in [9.17, 15) is 18.0 Å². The molecule has 0 unspecified atom stereocenters. The van der Waals surface area contributed by atoms with Crippen molar-refractivity contribution in [1.82, 2.24) is 10.6 Å². The standard InChI is InChI=1S/C17H25N3O4S/c1-12(2)6-8-18-16(21)13-4-3-5-14(10-13)19-17(22)20-15-7-9-25(23,24)11-15/h3-5,10,12,15H,6-9,11H2,1-2H3,(H,18,21)(H2,19,20,22)/t15-/m1/s1. The van der Waals surface area contributed by atoms with E-state index in [1.54, 1.807) is 24.3 Å². The summed E-state index contributed by atoms with van der Waals surface area (Å²) in [5.41, 5.74) is 0.944. The van der Waals surface area contributed by atoms with Crippen molar-refractivity contribution in [3.05, 3.63) is 29.8 Å². The first-order valence-electron chi connectivity index (χ1n) is 8.41. The van der Waals surface area contributed by atoms with E-state index in [0.29, 0.717) is 30.1 Å². The second kappa shape index (κ2) is 8.33. The van der Waals surface area contributed by atoms with Crippen LogP contribution in [0.2, 0.25) is 0 Å². The quantitative estimate of drug-likeness (QED) is 0.713. The highest BCUT2D eigenvalue weighted by Crippen LogP contribution is 2.13. The van der Waals surface area contributed by atoms with Gasteiger partial charge in [-0.1, -0.05) is 19.9 Å². The molecular formula is C17H25N3O4S. The summed E-state index contributed by atoms with van der Waals surface area (Å²) in [7, 11) is -3.04. The van der Waals surface area contributed by atoms with E-state index in [-0.39, 0.29) is 23.5 Å². The molecular weight excluding hydrogens is 342 g/mol. The van der Waals surface area contributed by atoms with E-state index in [2.05, 4.69) is 29.8 Å². The van der Waals surface area contributed by atoms with E-state index >= 15 is 0 Å². The van der Waals surface area contributed by atoms with Gasteiger partial charge in [-0.15, -0.1) is 0 Å². The highest BCUT2D eigenvalue weighted by molar-refractivity contribution is 7.91. The van der Waals surface area contributed by atoms with Gasteiger partial charge in [0.25, 0.3) is 5.91 Å². The molecule has 138 valence electrons. The fraction of sp³-hybridized carbons (Fsp3) is 0.529. The van der Waals surface area contributed by atoms with Gasteiger partial charge < -0.3 is 16.0 Å². The van der Waals surface area contributed by atoms with Crippen LogP contribution < -0.4 is 16.0 Å². The first kappa shape index (κ1) is 19.2. The number of carbonyl (C=O) groups excluding carboxylic acids is 2. The number of carbonyl (C=O) groups is 2. The molecule has 0 radical (unpaired) electrons. The molecule has 1 atom stereocenters. The normalized spacial score (nSPS) is 18.8. The van der Waals surface area contributed by atoms with Gasteiger partial charge >= 0.3 is 6.03 Å². The molecule has 1 heterocycles. The Morgan fingerprint density at radius 3 is 2.68 bits per heavy atom. The van der Waals surface area contributed by atoms with Crippen molar-refractivity contribution in [2.45, 2.75) is 32.7 Å². The molecule has 1 aliphatic heterocycles. The van der Waals surface area contributed by atoms with Crippen LogP contribution in [0.25, 0.3) is 0 Å². The maximum absolute atomic E-state index is 12.1. The summed E-state index contributed by atoms with van der Waals surface area (Å²) in [4.78, 5) is 24.1. The van der Waals surface area contributed by atoms with Gasteiger partial charge in [-0.3, -0.25) is 4.79 Å². The minimum Gasteiger partial charge on any atom is -0.352 e. The number of sulfone groups is 1. The summed E-state index contributed by atoms with van der Waals surface area (Å²) >= 11 is 0. The van der Waals surface area contributed by atoms with Crippen molar-refractivity contribution in [3.8, 4) is 0 Å². The fourth-order valence-electron chi connectivity index (χ4n) is 2.58. The molecule has 1 fully saturated rings. The lowest BCUT2D eigenvalue weighted by Gasteiger charge is -2.13. The average molecular weight is 367 g/mol. The van der Waals surface area contributed by atoms with Gasteiger partial charge in [0.05, 0.1) is 11.5 Å². The van der Waals surface area contributed by atoms with Crippen LogP contribution in [-0.4, -0.2) is 44.4 Å². The van der Waals surface area contributed by atoms with Crippen LogP contribution in [0.3, 0.4) is 0 Å². The monoisotopic (exact) mass is 367 g/mol. The SMILES string of the molecule is CC(C)CCNC(=O)c1cccc(NC(=O)N[C@@H]2CCS(=O)(=O)C2)c1. The molecule has 2 rings (SSSR count). The Hall–Kier alpha value is -2.09. The molecule has 0 aromatic heterocycles. The van der Waals surface area contributed by atoms with Crippen molar-refractivity contribution in [2.75, 3.05) is 23.4 Å². The van der Waals surface area contributed by atoms with Gasteiger partial charge in [0.15, 0.2) is 9.84 Å². The predicted molar refractivity (Wildman–Crippen MR) is 97.4 cm³/mol. The molecule has 7 nitrogen and oxygen atoms in total. The molecule has 25 heavy (non-hydrogen) atoms. The van der Waals surface area contributed by atoms with Crippen molar-refractivity contribution >= 4 is 27.5 Å². The second-order valence-electron chi connectivity index (χ2n) is 6.72. The Morgan fingerprint density at radius 2 is 2.04 bits per heavy atom. The van der Waals surface area contributed by atoms with E-state index in [1.165, 1.54) is 0 Å². The van der Waals surface area contributed by atoms with Crippen LogP contribution in [0.15, 0.2) is 24.3 Å². The summed E-state index contributed by atoms with van der Waals surface area (Å²) in [6.45, 7) is 4.78. The van der Waals surface area contributed by atoms with E-state index in [0.717, 1.165) is 6.42 Å². The molecule has 0 aliphatic carbocycles. The average Bonchev–Trinajstić information content (AvgIpc) is 2.85. The van der Waals surface area contributed by atoms with Gasteiger partial charge in [-0.2, -0.15) is 0 Å². The van der Waals surface area contributed by atoms with Crippen LogP contribution in [0.4, 0.5) is 10.5 Å². The van der Waals surface area contributed by atoms with Gasteiger partial charge in [-0.25, -0.2) is 13.2 Å². The zero-order valence-electron chi connectivity index (χ0n) is 14.5. The molecule has 1 saturated heterocycles. The molecule has 3 N–H and O–H groups in total. The van der Waals surface area contributed by atoms with E-state index in [1.807, 2.05) is 0 Å². The summed E-state index contributed by atoms with van der Waals surface area (Å²) < 4.78 is 22.8. The third-order valence-corrected chi connectivity index (χ3v) is 5.73. The Morgan fingerprint density at radius 1 is 1.28 bits per heavy atom. The lowest BCUT2D eigenvalue weighted by atomic mass is 10.1. The van der Waals surface area contributed by atoms with Crippen molar-refractivity contribution in [3.63, 3.8) is 0 Å². The molecule has 0 bridgehead atoms. The van der Waals surface area contributed by atoms with Crippen molar-refractivity contribution in [2.24, 2.45) is 5.92 Å². The molecule has 3 amide bonds. The first-order valence-corrected chi connectivity index (χ1v) is 10.2. The number of hydrogen-bond acceptors (Lipinski definition) is 4. The molecule has 0 spiro atoms. The lowest BCUT2D eigenvalue weighted by molar-refractivity contribution is 0.0952. The summed E-state index contributed by atoms with van der Waals surface area (Å²) in [5, 5.41) is 8.13. The van der Waals surface area contributed by atoms with E-state index in [4.69, 9.17) is 0 Å². The molecule has 0 saturated carbocycles. The number of amides is 3. The maximum Gasteiger partial charge on any atom is 0.319 e. The highest BCUT2D eigenvalue weighted by atomic mass is 32.2. The van der Waals surface area contributed by atoms with Gasteiger partial charge in [0.1, 0.15) is 0 Å². The maximum atomic E-state index is 12.1. The third kappa shape index (κ3) is 6.38. The van der Waals surface area contributed by atoms with Crippen LogP contribution >= 0.6 is 0 Å². The van der Waals surface area contributed by atoms with Gasteiger partial charge in [0, 0.05) is 23.8 Å². The molecule has 1 aromatic rings. The summed E-state index contributed by atoms with van der Waals surface area (Å²) in [6, 6.07) is 5.79. The number of hydrogen-bond donors (Lipinski definition) is 3. The smallest absolute Gasteiger partial charge is 0.319 e. The predicted octanol–water partition coefficient (Wildman–Crippen LogP) is 1.77. The molecule has 8 heteroatoms. The number of rotatable bonds is 6. The third-order valence-electron chi connectivity index (χ3n) is 3.96. The largest absolute Gasteiger partial charge is 0.352 e. The zero-order chi connectivity index (χ0) is 18.4. The lowest BCUT2D eigenvalue weighted by Crippen LogP contribution is -2.38. The second-order valence-corrected chi connectivity index (χ2v) is 8.95. The van der Waals surface area contributed by atoms with Gasteiger partial charge in [0.2, 0.25) is 0 Å². The molecule has 1 aliphatic rings. The minimum absolute atomic E-state index is 0.0291. The molecule has 1 aromatic carbocycles. The summed E-state index contributed by atoms with van der Waals surface area (Å²) in [5.74, 6) is 0.394. The van der Waals surface area contributed by atoms with Crippen molar-refractivity contribution in [1.29, 1.82) is 0 Å².